The lowest BCUT2D eigenvalue weighted by Gasteiger charge is -2.31. The van der Waals surface area contributed by atoms with Crippen LogP contribution in [0.25, 0.3) is 32.7 Å². The molecule has 0 radical (unpaired) electrons. The summed E-state index contributed by atoms with van der Waals surface area (Å²) >= 11 is 0. The number of allylic oxidation sites excluding steroid dienone is 2. The van der Waals surface area contributed by atoms with E-state index in [4.69, 9.17) is 14.4 Å². The van der Waals surface area contributed by atoms with E-state index in [1.807, 2.05) is 60.7 Å². The van der Waals surface area contributed by atoms with Gasteiger partial charge in [0, 0.05) is 38.6 Å². The van der Waals surface area contributed by atoms with E-state index in [0.717, 1.165) is 80.5 Å². The number of carbonyl (C=O) groups is 1. The molecule has 4 N–H and O–H groups in total. The van der Waals surface area contributed by atoms with Crippen LogP contribution in [0.2, 0.25) is 0 Å². The molecule has 6 aromatic carbocycles. The first kappa shape index (κ1) is 41.2. The Morgan fingerprint density at radius 2 is 1.21 bits per heavy atom. The molecule has 0 amide bonds. The van der Waals surface area contributed by atoms with Gasteiger partial charge in [-0.2, -0.15) is 0 Å². The zero-order chi connectivity index (χ0) is 42.7. The van der Waals surface area contributed by atoms with Crippen molar-refractivity contribution in [2.45, 2.75) is 79.1 Å². The van der Waals surface area contributed by atoms with Gasteiger partial charge in [0.1, 0.15) is 17.3 Å². The number of nitrogens with zero attached hydrogens (tertiary/aromatic N) is 1. The zero-order valence-electron chi connectivity index (χ0n) is 36.4. The highest BCUT2D eigenvalue weighted by Crippen LogP contribution is 2.45. The van der Waals surface area contributed by atoms with Crippen molar-refractivity contribution in [2.24, 2.45) is 16.7 Å². The largest absolute Gasteiger partial charge is 0.506 e. The molecule has 9 rings (SSSR count). The second-order valence-corrected chi connectivity index (χ2v) is 17.2. The Hall–Kier alpha value is -6.15. The van der Waals surface area contributed by atoms with Crippen LogP contribution in [0.4, 0.5) is 17.1 Å². The number of ether oxygens (including phenoxy) is 2. The first-order valence-corrected chi connectivity index (χ1v) is 22.8. The van der Waals surface area contributed by atoms with Crippen LogP contribution in [0.15, 0.2) is 120 Å². The monoisotopic (exact) mass is 822 g/mol. The zero-order valence-corrected chi connectivity index (χ0v) is 36.4. The number of nitrogens with one attached hydrogen (secondary N) is 3. The van der Waals surface area contributed by atoms with Crippen molar-refractivity contribution >= 4 is 80.4 Å². The van der Waals surface area contributed by atoms with Crippen molar-refractivity contribution in [1.82, 2.24) is 0 Å². The predicted molar refractivity (Wildman–Crippen MR) is 259 cm³/mol. The molecule has 10 heteroatoms. The molecule has 0 bridgehead atoms. The number of ketones is 1. The van der Waals surface area contributed by atoms with E-state index in [1.165, 1.54) is 38.5 Å². The molecule has 0 aromatic heterocycles. The molecular formula is C52H56B2N4O4. The molecule has 0 fully saturated rings. The van der Waals surface area contributed by atoms with Gasteiger partial charge < -0.3 is 35.2 Å². The third-order valence-electron chi connectivity index (χ3n) is 13.1. The summed E-state index contributed by atoms with van der Waals surface area (Å²) in [5, 5.41) is 28.3. The molecule has 2 atom stereocenters. The van der Waals surface area contributed by atoms with Crippen molar-refractivity contribution in [3.8, 4) is 11.5 Å². The number of carbonyl (C=O) groups excluding carboxylic acids is 1. The van der Waals surface area contributed by atoms with Crippen LogP contribution < -0.4 is 46.7 Å². The maximum atomic E-state index is 14.6. The van der Waals surface area contributed by atoms with Crippen LogP contribution in [0.5, 0.6) is 11.5 Å². The fraction of sp³-hybridized carbons (Fsp3) is 0.308. The Bertz CT molecular complexity index is 2790. The highest BCUT2D eigenvalue weighted by molar-refractivity contribution is 6.80. The van der Waals surface area contributed by atoms with Crippen LogP contribution >= 0.6 is 0 Å². The molecule has 0 saturated carbocycles. The molecule has 6 aromatic rings. The van der Waals surface area contributed by atoms with Gasteiger partial charge in [0.2, 0.25) is 5.78 Å². The van der Waals surface area contributed by atoms with Crippen LogP contribution in [-0.4, -0.2) is 38.1 Å². The second kappa shape index (κ2) is 18.1. The van der Waals surface area contributed by atoms with Crippen molar-refractivity contribution in [3.05, 3.63) is 131 Å². The van der Waals surface area contributed by atoms with Gasteiger partial charge in [0.25, 0.3) is 0 Å². The fourth-order valence-corrected chi connectivity index (χ4v) is 9.27. The number of anilines is 3. The smallest absolute Gasteiger partial charge is 0.427 e. The third kappa shape index (κ3) is 7.92. The Morgan fingerprint density at radius 1 is 0.629 bits per heavy atom. The number of rotatable bonds is 17. The molecule has 2 heterocycles. The summed E-state index contributed by atoms with van der Waals surface area (Å²) < 4.78 is 12.4. The maximum Gasteiger partial charge on any atom is 0.427 e. The summed E-state index contributed by atoms with van der Waals surface area (Å²) in [6, 6.07) is 36.6. The van der Waals surface area contributed by atoms with Crippen LogP contribution in [0.3, 0.4) is 0 Å². The minimum atomic E-state index is -0.394. The molecule has 2 unspecified atom stereocenters. The van der Waals surface area contributed by atoms with Gasteiger partial charge in [-0.3, -0.25) is 4.79 Å². The average Bonchev–Trinajstić information content (AvgIpc) is 3.31. The molecule has 0 saturated heterocycles. The molecule has 8 nitrogen and oxygen atoms in total. The number of unbranched alkanes of at least 4 members (excludes halogenated alkanes) is 2. The van der Waals surface area contributed by atoms with Crippen molar-refractivity contribution in [3.63, 3.8) is 0 Å². The molecule has 0 spiro atoms. The van der Waals surface area contributed by atoms with Gasteiger partial charge in [-0.1, -0.05) is 139 Å². The Kier molecular flexibility index (Phi) is 12.0. The standard InChI is InChI=1S/C52H56B2N4O4/c1-5-9-13-33(7-3)31-61-39-25-21-37(22-26-39)53-55-43-17-11-15-35-19-29-41(49(57-53)45(35)43)47-51(59)48(52(47)60)42-30-20-36-16-12-18-44-46(36)50(42)58-54(56-44)38-23-27-40(28-24-38)62-32-34(8-4)14-10-6-2/h11-12,15-30,33-34,55-57,59H,5-10,13-14,31-32H2,1-4H3. The van der Waals surface area contributed by atoms with E-state index in [1.54, 1.807) is 0 Å². The van der Waals surface area contributed by atoms with Gasteiger partial charge >= 0.3 is 14.0 Å². The summed E-state index contributed by atoms with van der Waals surface area (Å²) in [4.78, 5) is 19.8. The van der Waals surface area contributed by atoms with E-state index < -0.39 is 6.98 Å². The van der Waals surface area contributed by atoms with E-state index >= 15 is 0 Å². The molecule has 1 aliphatic carbocycles. The van der Waals surface area contributed by atoms with Crippen LogP contribution in [0.1, 0.15) is 84.6 Å². The summed E-state index contributed by atoms with van der Waals surface area (Å²) in [5.41, 5.74) is 5.98. The van der Waals surface area contributed by atoms with Crippen molar-refractivity contribution in [2.75, 3.05) is 28.9 Å². The first-order valence-electron chi connectivity index (χ1n) is 22.8. The third-order valence-corrected chi connectivity index (χ3v) is 13.1. The maximum absolute atomic E-state index is 14.6. The SMILES string of the molecule is CCCCC(CC)COc1ccc(B2N=c3c(=C4C(=O)C(c5ccc6cccc7c6c5NB(c5ccc(OCC(CC)CCCC)cc5)N7)=C4O)ccc4cccc(c34)N2)cc1. The van der Waals surface area contributed by atoms with E-state index in [0.29, 0.717) is 40.2 Å². The van der Waals surface area contributed by atoms with E-state index in [9.17, 15) is 9.90 Å². The highest BCUT2D eigenvalue weighted by atomic mass is 16.5. The summed E-state index contributed by atoms with van der Waals surface area (Å²) in [6.07, 6.45) is 9.41. The molecule has 3 aliphatic rings. The summed E-state index contributed by atoms with van der Waals surface area (Å²) in [7, 11) is 0. The van der Waals surface area contributed by atoms with Gasteiger partial charge in [-0.05, 0) is 82.8 Å². The molecular weight excluding hydrogens is 766 g/mol. The number of benzene rings is 6. The van der Waals surface area contributed by atoms with Crippen molar-refractivity contribution in [1.29, 1.82) is 0 Å². The van der Waals surface area contributed by atoms with Crippen LogP contribution in [0, 0.1) is 11.8 Å². The Labute approximate surface area is 365 Å². The number of aliphatic hydroxyl groups is 1. The van der Waals surface area contributed by atoms with E-state index in [-0.39, 0.29) is 24.1 Å². The minimum Gasteiger partial charge on any atom is -0.506 e. The highest BCUT2D eigenvalue weighted by Gasteiger charge is 2.39. The number of aliphatic hydroxyl groups excluding tert-OH is 1. The molecule has 62 heavy (non-hydrogen) atoms. The molecule has 314 valence electrons. The fourth-order valence-electron chi connectivity index (χ4n) is 9.27. The summed E-state index contributed by atoms with van der Waals surface area (Å²) in [6.45, 7) is 9.69. The minimum absolute atomic E-state index is 0.0185. The second-order valence-electron chi connectivity index (χ2n) is 17.2. The lowest BCUT2D eigenvalue weighted by atomic mass is 9.65. The number of hydrogen-bond acceptors (Lipinski definition) is 8. The normalized spacial score (nSPS) is 16.0. The lowest BCUT2D eigenvalue weighted by molar-refractivity contribution is -0.109. The quantitative estimate of drug-likeness (QED) is 0.0680. The molecule has 2 aliphatic heterocycles. The van der Waals surface area contributed by atoms with Gasteiger partial charge in [0.15, 0.2) is 0 Å². The Morgan fingerprint density at radius 3 is 1.81 bits per heavy atom. The van der Waals surface area contributed by atoms with E-state index in [2.05, 4.69) is 91.9 Å². The van der Waals surface area contributed by atoms with Crippen LogP contribution in [-0.2, 0) is 4.79 Å². The number of hydrogen-bond donors (Lipinski definition) is 4. The van der Waals surface area contributed by atoms with Crippen molar-refractivity contribution < 1.29 is 19.4 Å². The van der Waals surface area contributed by atoms with Gasteiger partial charge in [0.05, 0.1) is 29.7 Å². The van der Waals surface area contributed by atoms with Gasteiger partial charge in [-0.25, -0.2) is 0 Å². The lowest BCUT2D eigenvalue weighted by Crippen LogP contribution is -2.48. The predicted octanol–water partition coefficient (Wildman–Crippen LogP) is 9.56. The topological polar surface area (TPSA) is 104 Å². The first-order chi connectivity index (χ1) is 30.4. The van der Waals surface area contributed by atoms with Gasteiger partial charge in [-0.15, -0.1) is 0 Å². The average molecular weight is 823 g/mol. The summed E-state index contributed by atoms with van der Waals surface area (Å²) in [5.74, 6) is 2.58. The Balaban J connectivity index is 1.04. The number of Topliss-reactive ketones (excluding diaryl/α,β-unsaturated/α-hetero) is 1.